The maximum Gasteiger partial charge on any atom is 0.289 e. The summed E-state index contributed by atoms with van der Waals surface area (Å²) in [5, 5.41) is 2.43. The molecule has 11 heteroatoms. The Morgan fingerprint density at radius 2 is 2.11 bits per heavy atom. The number of carbonyl (C=O) groups excluding carboxylic acids is 3. The molecule has 3 amide bonds. The Labute approximate surface area is 164 Å². The number of thioether (sulfide) groups is 1. The Bertz CT molecular complexity index is 766. The lowest BCUT2D eigenvalue weighted by Crippen LogP contribution is -2.54. The van der Waals surface area contributed by atoms with Crippen molar-refractivity contribution >= 4 is 46.0 Å². The lowest BCUT2D eigenvalue weighted by Gasteiger charge is -2.29. The van der Waals surface area contributed by atoms with Gasteiger partial charge in [-0.1, -0.05) is 0 Å². The average Bonchev–Trinajstić information content (AvgIpc) is 3.36. The van der Waals surface area contributed by atoms with Gasteiger partial charge >= 0.3 is 0 Å². The summed E-state index contributed by atoms with van der Waals surface area (Å²) >= 11 is 3.00. The molecule has 1 aromatic rings. The van der Waals surface area contributed by atoms with Crippen LogP contribution in [0.25, 0.3) is 0 Å². The summed E-state index contributed by atoms with van der Waals surface area (Å²) in [6.07, 6.45) is 1.21. The number of hydrazine groups is 1. The lowest BCUT2D eigenvalue weighted by atomic mass is 10.2. The van der Waals surface area contributed by atoms with E-state index in [1.807, 2.05) is 6.92 Å². The first-order valence-corrected chi connectivity index (χ1v) is 10.7. The number of amides is 3. The summed E-state index contributed by atoms with van der Waals surface area (Å²) in [6, 6.07) is -0.561. The summed E-state index contributed by atoms with van der Waals surface area (Å²) in [5.74, 6) is -0.329. The van der Waals surface area contributed by atoms with E-state index in [-0.39, 0.29) is 22.4 Å². The van der Waals surface area contributed by atoms with Crippen LogP contribution in [0.2, 0.25) is 0 Å². The Kier molecular flexibility index (Phi) is 4.99. The van der Waals surface area contributed by atoms with Crippen molar-refractivity contribution < 1.29 is 19.1 Å². The molecule has 146 valence electrons. The van der Waals surface area contributed by atoms with E-state index >= 15 is 0 Å². The Morgan fingerprint density at radius 3 is 2.89 bits per heavy atom. The molecule has 0 spiro atoms. The van der Waals surface area contributed by atoms with Crippen molar-refractivity contribution in [2.75, 3.05) is 37.0 Å². The highest BCUT2D eigenvalue weighted by molar-refractivity contribution is 8.01. The molecule has 0 radical (unpaired) electrons. The second-order valence-corrected chi connectivity index (χ2v) is 9.16. The number of carbonyl (C=O) groups is 3. The monoisotopic (exact) mass is 411 g/mol. The highest BCUT2D eigenvalue weighted by Gasteiger charge is 2.52. The molecule has 3 aliphatic rings. The van der Waals surface area contributed by atoms with Gasteiger partial charge in [-0.3, -0.25) is 25.2 Å². The zero-order valence-electron chi connectivity index (χ0n) is 14.9. The molecule has 1 aromatic heterocycles. The second-order valence-electron chi connectivity index (χ2n) is 6.82. The fourth-order valence-electron chi connectivity index (χ4n) is 3.55. The van der Waals surface area contributed by atoms with Gasteiger partial charge in [-0.15, -0.1) is 23.1 Å². The molecule has 3 fully saturated rings. The molecule has 0 aromatic carbocycles. The topological polar surface area (TPSA) is 104 Å². The molecule has 0 bridgehead atoms. The molecular formula is C16H21N5O4S2. The SMILES string of the molecule is CC12CCC(=O)N1C(C(=O)NNC(=O)c1csc(N3CCOCC3)n1)CS2. The van der Waals surface area contributed by atoms with Crippen molar-refractivity contribution in [2.45, 2.75) is 30.7 Å². The van der Waals surface area contributed by atoms with E-state index in [0.717, 1.165) is 24.6 Å². The van der Waals surface area contributed by atoms with Crippen LogP contribution in [0.3, 0.4) is 0 Å². The number of rotatable bonds is 3. The van der Waals surface area contributed by atoms with Crippen molar-refractivity contribution in [3.05, 3.63) is 11.1 Å². The van der Waals surface area contributed by atoms with Gasteiger partial charge in [0.1, 0.15) is 11.7 Å². The number of morpholine rings is 1. The number of nitrogens with zero attached hydrogens (tertiary/aromatic N) is 3. The minimum Gasteiger partial charge on any atom is -0.378 e. The molecule has 27 heavy (non-hydrogen) atoms. The number of thiazole rings is 1. The summed E-state index contributed by atoms with van der Waals surface area (Å²) in [7, 11) is 0. The molecule has 4 heterocycles. The number of ether oxygens (including phenoxy) is 1. The van der Waals surface area contributed by atoms with Crippen LogP contribution in [0.4, 0.5) is 5.13 Å². The van der Waals surface area contributed by atoms with E-state index in [9.17, 15) is 14.4 Å². The third-order valence-corrected chi connectivity index (χ3v) is 7.46. The predicted molar refractivity (Wildman–Crippen MR) is 101 cm³/mol. The number of hydrogen-bond donors (Lipinski definition) is 2. The molecule has 0 saturated carbocycles. The van der Waals surface area contributed by atoms with Gasteiger partial charge in [-0.2, -0.15) is 0 Å². The first-order valence-electron chi connectivity index (χ1n) is 8.82. The molecule has 3 aliphatic heterocycles. The number of fused-ring (bicyclic) bond motifs is 1. The maximum absolute atomic E-state index is 12.5. The number of aromatic nitrogens is 1. The Morgan fingerprint density at radius 1 is 1.33 bits per heavy atom. The van der Waals surface area contributed by atoms with E-state index < -0.39 is 11.9 Å². The van der Waals surface area contributed by atoms with Gasteiger partial charge in [0.25, 0.3) is 11.8 Å². The highest BCUT2D eigenvalue weighted by Crippen LogP contribution is 2.47. The van der Waals surface area contributed by atoms with Crippen LogP contribution in [0.15, 0.2) is 5.38 Å². The van der Waals surface area contributed by atoms with Gasteiger partial charge in [0.05, 0.1) is 18.1 Å². The minimum absolute atomic E-state index is 0.0105. The fraction of sp³-hybridized carbons (Fsp3) is 0.625. The summed E-state index contributed by atoms with van der Waals surface area (Å²) in [6.45, 7) is 4.76. The van der Waals surface area contributed by atoms with Crippen LogP contribution in [0.1, 0.15) is 30.3 Å². The van der Waals surface area contributed by atoms with Gasteiger partial charge in [0.2, 0.25) is 5.91 Å². The summed E-state index contributed by atoms with van der Waals surface area (Å²) in [5.41, 5.74) is 5.12. The normalized spacial score (nSPS) is 27.6. The zero-order chi connectivity index (χ0) is 19.0. The molecule has 2 unspecified atom stereocenters. The molecule has 9 nitrogen and oxygen atoms in total. The van der Waals surface area contributed by atoms with Gasteiger partial charge < -0.3 is 14.5 Å². The van der Waals surface area contributed by atoms with Crippen LogP contribution in [0.5, 0.6) is 0 Å². The molecular weight excluding hydrogens is 390 g/mol. The van der Waals surface area contributed by atoms with Crippen molar-refractivity contribution in [3.8, 4) is 0 Å². The van der Waals surface area contributed by atoms with E-state index in [1.54, 1.807) is 22.0 Å². The highest BCUT2D eigenvalue weighted by atomic mass is 32.2. The lowest BCUT2D eigenvalue weighted by molar-refractivity contribution is -0.138. The Hall–Kier alpha value is -1.85. The van der Waals surface area contributed by atoms with Crippen molar-refractivity contribution in [2.24, 2.45) is 0 Å². The standard InChI is InChI=1S/C16H21N5O4S2/c1-16-3-2-12(22)21(16)11(9-27-16)14(24)19-18-13(23)10-8-26-15(17-10)20-4-6-25-7-5-20/h8,11H,2-7,9H2,1H3,(H,18,23)(H,19,24). The number of anilines is 1. The average molecular weight is 412 g/mol. The Balaban J connectivity index is 1.33. The summed E-state index contributed by atoms with van der Waals surface area (Å²) in [4.78, 5) is 44.7. The zero-order valence-corrected chi connectivity index (χ0v) is 16.5. The van der Waals surface area contributed by atoms with Gasteiger partial charge in [-0.05, 0) is 13.3 Å². The van der Waals surface area contributed by atoms with Crippen molar-refractivity contribution in [1.29, 1.82) is 0 Å². The van der Waals surface area contributed by atoms with Gasteiger partial charge in [0, 0.05) is 30.6 Å². The first-order chi connectivity index (χ1) is 13.0. The fourth-order valence-corrected chi connectivity index (χ4v) is 5.84. The van der Waals surface area contributed by atoms with Crippen LogP contribution in [-0.2, 0) is 14.3 Å². The molecule has 3 saturated heterocycles. The predicted octanol–water partition coefficient (Wildman–Crippen LogP) is 0.195. The van der Waals surface area contributed by atoms with Crippen molar-refractivity contribution in [3.63, 3.8) is 0 Å². The smallest absolute Gasteiger partial charge is 0.289 e. The maximum atomic E-state index is 12.5. The third kappa shape index (κ3) is 3.50. The van der Waals surface area contributed by atoms with Crippen LogP contribution >= 0.6 is 23.1 Å². The molecule has 4 rings (SSSR count). The minimum atomic E-state index is -0.561. The molecule has 2 N–H and O–H groups in total. The van der Waals surface area contributed by atoms with Crippen LogP contribution < -0.4 is 15.8 Å². The third-order valence-electron chi connectivity index (χ3n) is 5.05. The number of hydrogen-bond acceptors (Lipinski definition) is 8. The summed E-state index contributed by atoms with van der Waals surface area (Å²) < 4.78 is 5.31. The van der Waals surface area contributed by atoms with Crippen LogP contribution in [-0.4, -0.2) is 70.6 Å². The van der Waals surface area contributed by atoms with Gasteiger partial charge in [0.15, 0.2) is 5.13 Å². The van der Waals surface area contributed by atoms with Crippen molar-refractivity contribution in [1.82, 2.24) is 20.7 Å². The number of nitrogens with one attached hydrogen (secondary N) is 2. The van der Waals surface area contributed by atoms with E-state index in [2.05, 4.69) is 20.7 Å². The van der Waals surface area contributed by atoms with Crippen LogP contribution in [0, 0.1) is 0 Å². The first kappa shape index (κ1) is 18.5. The van der Waals surface area contributed by atoms with E-state index in [0.29, 0.717) is 25.4 Å². The van der Waals surface area contributed by atoms with Gasteiger partial charge in [-0.25, -0.2) is 4.98 Å². The largest absolute Gasteiger partial charge is 0.378 e. The molecule has 0 aliphatic carbocycles. The second kappa shape index (κ2) is 7.28. The van der Waals surface area contributed by atoms with E-state index in [4.69, 9.17) is 4.74 Å². The quantitative estimate of drug-likeness (QED) is 0.685. The van der Waals surface area contributed by atoms with E-state index in [1.165, 1.54) is 11.3 Å². The molecule has 2 atom stereocenters.